The zero-order chi connectivity index (χ0) is 19.1. The van der Waals surface area contributed by atoms with Gasteiger partial charge in [0.1, 0.15) is 5.69 Å². The van der Waals surface area contributed by atoms with Gasteiger partial charge in [-0.2, -0.15) is 10.2 Å². The zero-order valence-corrected chi connectivity index (χ0v) is 16.8. The molecule has 0 radical (unpaired) electrons. The summed E-state index contributed by atoms with van der Waals surface area (Å²) in [6.07, 6.45) is 6.00. The van der Waals surface area contributed by atoms with Gasteiger partial charge in [0.25, 0.3) is 0 Å². The van der Waals surface area contributed by atoms with Gasteiger partial charge in [0, 0.05) is 36.7 Å². The van der Waals surface area contributed by atoms with Crippen LogP contribution in [0.3, 0.4) is 0 Å². The lowest BCUT2D eigenvalue weighted by molar-refractivity contribution is 0.312. The summed E-state index contributed by atoms with van der Waals surface area (Å²) >= 11 is 0. The lowest BCUT2D eigenvalue weighted by Gasteiger charge is -2.22. The normalized spacial score (nSPS) is 17.9. The number of benzene rings is 1. The highest BCUT2D eigenvalue weighted by molar-refractivity contribution is 5.57. The monoisotopic (exact) mass is 376 g/mol. The molecule has 1 saturated carbocycles. The van der Waals surface area contributed by atoms with Crippen LogP contribution in [0.5, 0.6) is 0 Å². The summed E-state index contributed by atoms with van der Waals surface area (Å²) < 4.78 is 2.08. The number of fused-ring (bicyclic) bond motifs is 1. The number of hydrogen-bond donors (Lipinski definition) is 1. The van der Waals surface area contributed by atoms with Gasteiger partial charge >= 0.3 is 0 Å². The molecule has 1 aromatic carbocycles. The van der Waals surface area contributed by atoms with Crippen molar-refractivity contribution in [3.05, 3.63) is 52.5 Å². The second-order valence-corrected chi connectivity index (χ2v) is 8.44. The maximum atomic E-state index is 5.04. The van der Waals surface area contributed by atoms with E-state index in [0.29, 0.717) is 5.92 Å². The Morgan fingerprint density at radius 3 is 2.89 bits per heavy atom. The summed E-state index contributed by atoms with van der Waals surface area (Å²) in [7, 11) is 2.17. The molecule has 3 aromatic rings. The molecule has 146 valence electrons. The highest BCUT2D eigenvalue weighted by Gasteiger charge is 2.27. The van der Waals surface area contributed by atoms with E-state index < -0.39 is 0 Å². The Morgan fingerprint density at radius 2 is 2.07 bits per heavy atom. The van der Waals surface area contributed by atoms with Crippen LogP contribution in [0.15, 0.2) is 24.3 Å². The van der Waals surface area contributed by atoms with Crippen LogP contribution < -0.4 is 0 Å². The minimum atomic E-state index is 0.495. The Morgan fingerprint density at radius 1 is 1.21 bits per heavy atom. The molecule has 0 bridgehead atoms. The molecule has 0 unspecified atom stereocenters. The van der Waals surface area contributed by atoms with Crippen LogP contribution in [0.25, 0.3) is 11.5 Å². The molecule has 2 aliphatic rings. The van der Waals surface area contributed by atoms with E-state index in [4.69, 9.17) is 10.1 Å². The highest BCUT2D eigenvalue weighted by Crippen LogP contribution is 2.34. The number of hydrogen-bond acceptors (Lipinski definition) is 4. The van der Waals surface area contributed by atoms with E-state index in [1.54, 1.807) is 0 Å². The van der Waals surface area contributed by atoms with Crippen LogP contribution in [-0.4, -0.2) is 43.5 Å². The molecule has 1 N–H and O–H groups in total. The fourth-order valence-electron chi connectivity index (χ4n) is 4.60. The van der Waals surface area contributed by atoms with E-state index in [-0.39, 0.29) is 0 Å². The number of likely N-dealkylation sites (N-methyl/N-ethyl adjacent to an activating group) is 1. The van der Waals surface area contributed by atoms with E-state index in [2.05, 4.69) is 58.0 Å². The molecule has 5 rings (SSSR count). The number of rotatable bonds is 4. The van der Waals surface area contributed by atoms with E-state index in [9.17, 15) is 0 Å². The zero-order valence-electron chi connectivity index (χ0n) is 16.8. The van der Waals surface area contributed by atoms with Gasteiger partial charge in [-0.05, 0) is 32.4 Å². The number of nitrogens with zero attached hydrogens (tertiary/aromatic N) is 5. The molecule has 6 heteroatoms. The third-order valence-electron chi connectivity index (χ3n) is 6.16. The largest absolute Gasteiger partial charge is 0.302 e. The Labute approximate surface area is 166 Å². The first-order chi connectivity index (χ1) is 13.7. The minimum absolute atomic E-state index is 0.495. The number of aromatic nitrogens is 5. The number of nitrogens with one attached hydrogen (secondary N) is 1. The molecule has 1 fully saturated rings. The van der Waals surface area contributed by atoms with Crippen molar-refractivity contribution in [3.63, 3.8) is 0 Å². The van der Waals surface area contributed by atoms with Crippen molar-refractivity contribution >= 4 is 0 Å². The third-order valence-corrected chi connectivity index (χ3v) is 6.16. The van der Waals surface area contributed by atoms with Crippen molar-refractivity contribution in [2.45, 2.75) is 58.0 Å². The summed E-state index contributed by atoms with van der Waals surface area (Å²) in [5.74, 6) is 2.41. The van der Waals surface area contributed by atoms with Gasteiger partial charge in [-0.3, -0.25) is 5.10 Å². The van der Waals surface area contributed by atoms with Gasteiger partial charge in [0.05, 0.1) is 6.54 Å². The predicted octanol–water partition coefficient (Wildman–Crippen LogP) is 3.67. The lowest BCUT2D eigenvalue weighted by Crippen LogP contribution is -2.26. The highest BCUT2D eigenvalue weighted by atomic mass is 15.4. The molecule has 2 aromatic heterocycles. The van der Waals surface area contributed by atoms with E-state index in [1.165, 1.54) is 48.1 Å². The van der Waals surface area contributed by atoms with Gasteiger partial charge in [-0.15, -0.1) is 0 Å². The maximum Gasteiger partial charge on any atom is 0.179 e. The standard InChI is InChI=1S/C22H28N6/c1-15-6-5-7-16(12-15)13-28-22(23-21(26-28)17-8-3-4-9-17)20-18-14-27(2)11-10-19(18)24-25-20/h5-7,12,17H,3-4,8-11,13-14H2,1-2H3,(H,24,25). The molecule has 1 aliphatic heterocycles. The molecule has 0 amide bonds. The second kappa shape index (κ2) is 7.17. The third kappa shape index (κ3) is 3.26. The van der Waals surface area contributed by atoms with E-state index >= 15 is 0 Å². The molecular formula is C22H28N6. The topological polar surface area (TPSA) is 62.6 Å². The summed E-state index contributed by atoms with van der Waals surface area (Å²) in [6, 6.07) is 8.65. The summed E-state index contributed by atoms with van der Waals surface area (Å²) in [5.41, 5.74) is 6.04. The summed E-state index contributed by atoms with van der Waals surface area (Å²) in [6.45, 7) is 4.85. The van der Waals surface area contributed by atoms with Crippen LogP contribution in [0, 0.1) is 6.92 Å². The lowest BCUT2D eigenvalue weighted by atomic mass is 10.1. The van der Waals surface area contributed by atoms with Gasteiger partial charge in [0.15, 0.2) is 11.6 Å². The van der Waals surface area contributed by atoms with Crippen molar-refractivity contribution in [2.24, 2.45) is 0 Å². The molecule has 3 heterocycles. The molecule has 0 saturated heterocycles. The molecule has 28 heavy (non-hydrogen) atoms. The minimum Gasteiger partial charge on any atom is -0.302 e. The molecular weight excluding hydrogens is 348 g/mol. The number of aryl methyl sites for hydroxylation is 1. The molecule has 0 atom stereocenters. The quantitative estimate of drug-likeness (QED) is 0.755. The van der Waals surface area contributed by atoms with Crippen molar-refractivity contribution in [2.75, 3.05) is 13.6 Å². The summed E-state index contributed by atoms with van der Waals surface area (Å²) in [5, 5.41) is 12.9. The SMILES string of the molecule is Cc1cccc(Cn2nc(C3CCCC3)nc2-c2n[nH]c3c2CN(C)CC3)c1. The van der Waals surface area contributed by atoms with Crippen LogP contribution in [0.2, 0.25) is 0 Å². The second-order valence-electron chi connectivity index (χ2n) is 8.44. The fraction of sp³-hybridized carbons (Fsp3) is 0.500. The Kier molecular flexibility index (Phi) is 4.51. The Hall–Kier alpha value is -2.47. The van der Waals surface area contributed by atoms with Crippen molar-refractivity contribution in [1.29, 1.82) is 0 Å². The Bertz CT molecular complexity index is 979. The van der Waals surface area contributed by atoms with E-state index in [1.807, 2.05) is 0 Å². The van der Waals surface area contributed by atoms with Gasteiger partial charge in [-0.25, -0.2) is 9.67 Å². The van der Waals surface area contributed by atoms with Crippen LogP contribution >= 0.6 is 0 Å². The number of aromatic amines is 1. The molecule has 1 aliphatic carbocycles. The fourth-order valence-corrected chi connectivity index (χ4v) is 4.60. The predicted molar refractivity (Wildman–Crippen MR) is 109 cm³/mol. The average Bonchev–Trinajstić information content (AvgIpc) is 3.40. The van der Waals surface area contributed by atoms with Gasteiger partial charge in [0.2, 0.25) is 0 Å². The Balaban J connectivity index is 1.57. The average molecular weight is 377 g/mol. The smallest absolute Gasteiger partial charge is 0.179 e. The first-order valence-electron chi connectivity index (χ1n) is 10.4. The number of H-pyrrole nitrogens is 1. The van der Waals surface area contributed by atoms with Crippen LogP contribution in [-0.2, 0) is 19.5 Å². The van der Waals surface area contributed by atoms with Gasteiger partial charge < -0.3 is 4.90 Å². The molecule has 0 spiro atoms. The first-order valence-corrected chi connectivity index (χ1v) is 10.4. The van der Waals surface area contributed by atoms with Crippen molar-refractivity contribution in [1.82, 2.24) is 29.9 Å². The van der Waals surface area contributed by atoms with Crippen molar-refractivity contribution in [3.8, 4) is 11.5 Å². The van der Waals surface area contributed by atoms with Gasteiger partial charge in [-0.1, -0.05) is 42.7 Å². The summed E-state index contributed by atoms with van der Waals surface area (Å²) in [4.78, 5) is 7.38. The molecule has 6 nitrogen and oxygen atoms in total. The first kappa shape index (κ1) is 17.6. The van der Waals surface area contributed by atoms with Crippen molar-refractivity contribution < 1.29 is 0 Å². The van der Waals surface area contributed by atoms with E-state index in [0.717, 1.165) is 43.4 Å². The van der Waals surface area contributed by atoms with Crippen LogP contribution in [0.1, 0.15) is 59.8 Å². The maximum absolute atomic E-state index is 5.04. The van der Waals surface area contributed by atoms with Crippen LogP contribution in [0.4, 0.5) is 0 Å².